The Bertz CT molecular complexity index is 732. The number of aliphatic carboxylic acids is 1. The fourth-order valence-electron chi connectivity index (χ4n) is 5.16. The normalized spacial score (nSPS) is 28.0. The molecule has 26 heavy (non-hydrogen) atoms. The predicted molar refractivity (Wildman–Crippen MR) is 99.3 cm³/mol. The topological polar surface area (TPSA) is 60.9 Å². The van der Waals surface area contributed by atoms with Gasteiger partial charge < -0.3 is 14.9 Å². The minimum atomic E-state index is -0.793. The van der Waals surface area contributed by atoms with Crippen LogP contribution in [0.5, 0.6) is 0 Å². The van der Waals surface area contributed by atoms with Crippen LogP contribution >= 0.6 is 0 Å². The van der Waals surface area contributed by atoms with Gasteiger partial charge in [0.05, 0.1) is 0 Å². The molecule has 0 saturated carbocycles. The van der Waals surface area contributed by atoms with E-state index in [-0.39, 0.29) is 11.8 Å². The van der Waals surface area contributed by atoms with Crippen LogP contribution in [0.3, 0.4) is 0 Å². The molecule has 0 bridgehead atoms. The summed E-state index contributed by atoms with van der Waals surface area (Å²) in [6, 6.07) is 6.06. The summed E-state index contributed by atoms with van der Waals surface area (Å²) in [4.78, 5) is 29.2. The Labute approximate surface area is 155 Å². The lowest BCUT2D eigenvalue weighted by atomic mass is 9.81. The number of rotatable bonds is 4. The van der Waals surface area contributed by atoms with E-state index in [1.54, 1.807) is 4.90 Å². The second-order valence-corrected chi connectivity index (χ2v) is 8.27. The molecule has 1 aromatic rings. The van der Waals surface area contributed by atoms with E-state index in [9.17, 15) is 14.7 Å². The molecule has 0 spiro atoms. The van der Waals surface area contributed by atoms with Crippen LogP contribution in [0.2, 0.25) is 0 Å². The molecule has 5 heteroatoms. The van der Waals surface area contributed by atoms with Gasteiger partial charge in [0.2, 0.25) is 0 Å². The van der Waals surface area contributed by atoms with Gasteiger partial charge in [0.1, 0.15) is 5.41 Å². The SMILES string of the molecule is CCCN1C[C@H]2CN(C(=O)c3ccc4c(c3)CCCC4)C[C@@]2(C(=O)O)C1. The predicted octanol–water partition coefficient (Wildman–Crippen LogP) is 2.43. The number of likely N-dealkylation sites (tertiary alicyclic amines) is 2. The van der Waals surface area contributed by atoms with Crippen molar-refractivity contribution in [2.45, 2.75) is 39.0 Å². The van der Waals surface area contributed by atoms with E-state index < -0.39 is 11.4 Å². The monoisotopic (exact) mass is 356 g/mol. The number of carbonyl (C=O) groups is 2. The molecule has 140 valence electrons. The number of fused-ring (bicyclic) bond motifs is 2. The Morgan fingerprint density at radius 1 is 1.15 bits per heavy atom. The van der Waals surface area contributed by atoms with Gasteiger partial charge in [0.15, 0.2) is 0 Å². The summed E-state index contributed by atoms with van der Waals surface area (Å²) in [6.07, 6.45) is 5.59. The maximum Gasteiger partial charge on any atom is 0.313 e. The van der Waals surface area contributed by atoms with Crippen LogP contribution in [-0.4, -0.2) is 59.5 Å². The van der Waals surface area contributed by atoms with E-state index in [4.69, 9.17) is 0 Å². The zero-order valence-corrected chi connectivity index (χ0v) is 15.5. The summed E-state index contributed by atoms with van der Waals surface area (Å²) in [5.41, 5.74) is 2.59. The van der Waals surface area contributed by atoms with Crippen LogP contribution in [-0.2, 0) is 17.6 Å². The molecule has 1 N–H and O–H groups in total. The number of carbonyl (C=O) groups excluding carboxylic acids is 1. The maximum absolute atomic E-state index is 13.1. The molecule has 2 aliphatic heterocycles. The lowest BCUT2D eigenvalue weighted by molar-refractivity contribution is -0.148. The van der Waals surface area contributed by atoms with Crippen LogP contribution in [0.15, 0.2) is 18.2 Å². The van der Waals surface area contributed by atoms with Crippen molar-refractivity contribution in [1.29, 1.82) is 0 Å². The Hall–Kier alpha value is -1.88. The lowest BCUT2D eigenvalue weighted by Gasteiger charge is -2.25. The minimum absolute atomic E-state index is 0.00422. The van der Waals surface area contributed by atoms with Crippen LogP contribution in [0.4, 0.5) is 0 Å². The molecular formula is C21H28N2O3. The molecule has 4 rings (SSSR count). The Morgan fingerprint density at radius 2 is 1.92 bits per heavy atom. The van der Waals surface area contributed by atoms with E-state index >= 15 is 0 Å². The van der Waals surface area contributed by atoms with E-state index in [0.717, 1.165) is 37.9 Å². The molecule has 1 amide bonds. The molecular weight excluding hydrogens is 328 g/mol. The van der Waals surface area contributed by atoms with Gasteiger partial charge in [-0.15, -0.1) is 0 Å². The molecule has 2 fully saturated rings. The lowest BCUT2D eigenvalue weighted by Crippen LogP contribution is -2.42. The molecule has 0 unspecified atom stereocenters. The number of benzene rings is 1. The highest BCUT2D eigenvalue weighted by Gasteiger charge is 2.58. The van der Waals surface area contributed by atoms with Gasteiger partial charge in [-0.25, -0.2) is 0 Å². The van der Waals surface area contributed by atoms with Crippen molar-refractivity contribution in [3.05, 3.63) is 34.9 Å². The molecule has 2 saturated heterocycles. The number of carboxylic acid groups (broad SMARTS) is 1. The number of hydrogen-bond acceptors (Lipinski definition) is 3. The third kappa shape index (κ3) is 2.82. The Morgan fingerprint density at radius 3 is 2.62 bits per heavy atom. The Kier molecular flexibility index (Phi) is 4.51. The van der Waals surface area contributed by atoms with E-state index in [0.29, 0.717) is 19.6 Å². The zero-order chi connectivity index (χ0) is 18.3. The van der Waals surface area contributed by atoms with Crippen molar-refractivity contribution >= 4 is 11.9 Å². The fraction of sp³-hybridized carbons (Fsp3) is 0.619. The number of aryl methyl sites for hydroxylation is 2. The molecule has 2 heterocycles. The average molecular weight is 356 g/mol. The summed E-state index contributed by atoms with van der Waals surface area (Å²) in [5.74, 6) is -0.717. The van der Waals surface area contributed by atoms with Crippen molar-refractivity contribution in [2.24, 2.45) is 11.3 Å². The first-order valence-corrected chi connectivity index (χ1v) is 9.90. The first kappa shape index (κ1) is 17.5. The van der Waals surface area contributed by atoms with Gasteiger partial charge in [-0.2, -0.15) is 0 Å². The standard InChI is InChI=1S/C21H28N2O3/c1-2-9-22-11-18-12-23(14-21(18,13-22)20(25)26)19(24)17-8-7-15-5-3-4-6-16(15)10-17/h7-8,10,18H,2-6,9,11-14H2,1H3,(H,25,26)/t18-,21-/m0/s1. The van der Waals surface area contributed by atoms with Crippen molar-refractivity contribution in [3.8, 4) is 0 Å². The molecule has 1 aromatic carbocycles. The average Bonchev–Trinajstić information content (AvgIpc) is 3.16. The van der Waals surface area contributed by atoms with Gasteiger partial charge in [-0.05, 0) is 61.9 Å². The first-order chi connectivity index (χ1) is 12.5. The van der Waals surface area contributed by atoms with E-state index in [2.05, 4.69) is 17.9 Å². The summed E-state index contributed by atoms with van der Waals surface area (Å²) in [7, 11) is 0. The van der Waals surface area contributed by atoms with Crippen LogP contribution in [0.1, 0.15) is 47.7 Å². The van der Waals surface area contributed by atoms with Crippen molar-refractivity contribution in [1.82, 2.24) is 9.80 Å². The molecule has 5 nitrogen and oxygen atoms in total. The highest BCUT2D eigenvalue weighted by atomic mass is 16.4. The molecule has 3 aliphatic rings. The first-order valence-electron chi connectivity index (χ1n) is 9.90. The third-order valence-corrected chi connectivity index (χ3v) is 6.53. The summed E-state index contributed by atoms with van der Waals surface area (Å²) in [5, 5.41) is 9.92. The maximum atomic E-state index is 13.1. The second-order valence-electron chi connectivity index (χ2n) is 8.27. The number of hydrogen-bond donors (Lipinski definition) is 1. The fourth-order valence-corrected chi connectivity index (χ4v) is 5.16. The van der Waals surface area contributed by atoms with Crippen molar-refractivity contribution in [3.63, 3.8) is 0 Å². The minimum Gasteiger partial charge on any atom is -0.481 e. The van der Waals surface area contributed by atoms with Gasteiger partial charge in [0.25, 0.3) is 5.91 Å². The van der Waals surface area contributed by atoms with Crippen molar-refractivity contribution in [2.75, 3.05) is 32.7 Å². The largest absolute Gasteiger partial charge is 0.481 e. The van der Waals surface area contributed by atoms with Gasteiger partial charge >= 0.3 is 5.97 Å². The van der Waals surface area contributed by atoms with Crippen LogP contribution in [0.25, 0.3) is 0 Å². The molecule has 1 aliphatic carbocycles. The number of carboxylic acids is 1. The quantitative estimate of drug-likeness (QED) is 0.900. The summed E-state index contributed by atoms with van der Waals surface area (Å²) in [6.45, 7) is 5.30. The van der Waals surface area contributed by atoms with E-state index in [1.165, 1.54) is 24.0 Å². The second kappa shape index (κ2) is 6.69. The van der Waals surface area contributed by atoms with Gasteiger partial charge in [-0.1, -0.05) is 13.0 Å². The molecule has 2 atom stereocenters. The number of amides is 1. The molecule has 0 aromatic heterocycles. The van der Waals surface area contributed by atoms with Crippen LogP contribution < -0.4 is 0 Å². The zero-order valence-electron chi connectivity index (χ0n) is 15.5. The molecule has 0 radical (unpaired) electrons. The van der Waals surface area contributed by atoms with Crippen molar-refractivity contribution < 1.29 is 14.7 Å². The van der Waals surface area contributed by atoms with Gasteiger partial charge in [-0.3, -0.25) is 9.59 Å². The smallest absolute Gasteiger partial charge is 0.313 e. The summed E-state index contributed by atoms with van der Waals surface area (Å²) >= 11 is 0. The third-order valence-electron chi connectivity index (χ3n) is 6.53. The highest BCUT2D eigenvalue weighted by Crippen LogP contribution is 2.43. The highest BCUT2D eigenvalue weighted by molar-refractivity contribution is 5.95. The van der Waals surface area contributed by atoms with Gasteiger partial charge in [0, 0.05) is 37.7 Å². The van der Waals surface area contributed by atoms with E-state index in [1.807, 2.05) is 12.1 Å². The van der Waals surface area contributed by atoms with Crippen LogP contribution in [0, 0.1) is 11.3 Å². The Balaban J connectivity index is 1.53. The number of nitrogens with zero attached hydrogens (tertiary/aromatic N) is 2. The summed E-state index contributed by atoms with van der Waals surface area (Å²) < 4.78 is 0.